The zero-order chi connectivity index (χ0) is 15.2. The van der Waals surface area contributed by atoms with Crippen LogP contribution in [0, 0.1) is 0 Å². The van der Waals surface area contributed by atoms with Gasteiger partial charge in [0.2, 0.25) is 0 Å². The Morgan fingerprint density at radius 3 is 2.81 bits per heavy atom. The van der Waals surface area contributed by atoms with Crippen LogP contribution in [0.25, 0.3) is 0 Å². The fourth-order valence-electron chi connectivity index (χ4n) is 2.25. The summed E-state index contributed by atoms with van der Waals surface area (Å²) in [5.41, 5.74) is 1.33. The predicted octanol–water partition coefficient (Wildman–Crippen LogP) is 3.82. The Bertz CT molecular complexity index is 565. The van der Waals surface area contributed by atoms with E-state index in [1.807, 2.05) is 16.4 Å². The third-order valence-corrected chi connectivity index (χ3v) is 4.36. The molecule has 0 aliphatic carbocycles. The van der Waals surface area contributed by atoms with Gasteiger partial charge in [-0.3, -0.25) is 0 Å². The Morgan fingerprint density at radius 2 is 2.10 bits per heavy atom. The number of rotatable bonds is 7. The number of hydrogen-bond donors (Lipinski definition) is 1. The Labute approximate surface area is 131 Å². The quantitative estimate of drug-likeness (QED) is 0.790. The summed E-state index contributed by atoms with van der Waals surface area (Å²) in [6, 6.07) is 9.45. The molecule has 0 aliphatic rings. The lowest BCUT2D eigenvalue weighted by Crippen LogP contribution is -2.17. The van der Waals surface area contributed by atoms with E-state index in [4.69, 9.17) is 0 Å². The fraction of sp³-hybridized carbons (Fsp3) is 0.500. The first-order valence-electron chi connectivity index (χ1n) is 7.46. The molecule has 21 heavy (non-hydrogen) atoms. The van der Waals surface area contributed by atoms with Gasteiger partial charge in [0.1, 0.15) is 12.2 Å². The van der Waals surface area contributed by atoms with Gasteiger partial charge in [-0.05, 0) is 45.0 Å². The van der Waals surface area contributed by atoms with Gasteiger partial charge in [0, 0.05) is 17.0 Å². The Hall–Kier alpha value is -1.33. The maximum Gasteiger partial charge on any atom is 0.138 e. The summed E-state index contributed by atoms with van der Waals surface area (Å²) in [4.78, 5) is 5.63. The molecule has 1 N–H and O–H groups in total. The monoisotopic (exact) mass is 304 g/mol. The van der Waals surface area contributed by atoms with Gasteiger partial charge in [0.05, 0.1) is 5.75 Å². The molecule has 0 spiro atoms. The average Bonchev–Trinajstić information content (AvgIpc) is 2.94. The van der Waals surface area contributed by atoms with E-state index in [2.05, 4.69) is 67.4 Å². The van der Waals surface area contributed by atoms with Crippen LogP contribution in [-0.4, -0.2) is 21.3 Å². The van der Waals surface area contributed by atoms with Gasteiger partial charge in [-0.1, -0.05) is 19.1 Å². The average molecular weight is 304 g/mol. The van der Waals surface area contributed by atoms with Gasteiger partial charge in [-0.2, -0.15) is 5.10 Å². The maximum absolute atomic E-state index is 4.36. The van der Waals surface area contributed by atoms with E-state index < -0.39 is 0 Å². The molecule has 1 aromatic heterocycles. The van der Waals surface area contributed by atoms with Crippen molar-refractivity contribution in [3.05, 3.63) is 42.0 Å². The van der Waals surface area contributed by atoms with E-state index in [1.54, 1.807) is 6.33 Å². The molecular formula is C16H24N4S. The van der Waals surface area contributed by atoms with Crippen LogP contribution in [0.2, 0.25) is 0 Å². The summed E-state index contributed by atoms with van der Waals surface area (Å²) in [6.07, 6.45) is 1.64. The first-order valence-corrected chi connectivity index (χ1v) is 8.45. The topological polar surface area (TPSA) is 42.7 Å². The molecule has 1 unspecified atom stereocenters. The number of benzene rings is 1. The molecule has 2 aromatic rings. The number of thioether (sulfide) groups is 1. The van der Waals surface area contributed by atoms with Crippen molar-refractivity contribution in [2.24, 2.45) is 0 Å². The SMILES string of the molecule is CCNC(C)c1cccc(SCc2ncnn2C(C)C)c1. The van der Waals surface area contributed by atoms with Crippen molar-refractivity contribution >= 4 is 11.8 Å². The molecule has 0 saturated heterocycles. The maximum atomic E-state index is 4.36. The third kappa shape index (κ3) is 4.32. The zero-order valence-electron chi connectivity index (χ0n) is 13.2. The van der Waals surface area contributed by atoms with Gasteiger partial charge in [-0.15, -0.1) is 11.8 Å². The van der Waals surface area contributed by atoms with Crippen LogP contribution in [0.3, 0.4) is 0 Å². The van der Waals surface area contributed by atoms with Crippen LogP contribution in [0.4, 0.5) is 0 Å². The summed E-state index contributed by atoms with van der Waals surface area (Å²) >= 11 is 1.81. The van der Waals surface area contributed by atoms with Crippen LogP contribution in [-0.2, 0) is 5.75 Å². The minimum absolute atomic E-state index is 0.350. The lowest BCUT2D eigenvalue weighted by atomic mass is 10.1. The summed E-state index contributed by atoms with van der Waals surface area (Å²) in [5.74, 6) is 1.87. The fourth-order valence-corrected chi connectivity index (χ4v) is 3.15. The highest BCUT2D eigenvalue weighted by atomic mass is 32.2. The molecule has 1 atom stereocenters. The second-order valence-corrected chi connectivity index (χ2v) is 6.40. The van der Waals surface area contributed by atoms with Crippen molar-refractivity contribution < 1.29 is 0 Å². The zero-order valence-corrected chi connectivity index (χ0v) is 14.0. The molecule has 0 saturated carbocycles. The molecule has 2 rings (SSSR count). The molecule has 0 aliphatic heterocycles. The van der Waals surface area contributed by atoms with Crippen LogP contribution in [0.1, 0.15) is 51.2 Å². The smallest absolute Gasteiger partial charge is 0.138 e. The van der Waals surface area contributed by atoms with Crippen LogP contribution < -0.4 is 5.32 Å². The second kappa shape index (κ2) is 7.61. The minimum atomic E-state index is 0.350. The predicted molar refractivity (Wildman–Crippen MR) is 88.5 cm³/mol. The second-order valence-electron chi connectivity index (χ2n) is 5.36. The number of nitrogens with one attached hydrogen (secondary N) is 1. The van der Waals surface area contributed by atoms with Crippen molar-refractivity contribution in [3.8, 4) is 0 Å². The van der Waals surface area contributed by atoms with Crippen molar-refractivity contribution in [3.63, 3.8) is 0 Å². The highest BCUT2D eigenvalue weighted by molar-refractivity contribution is 7.98. The first-order chi connectivity index (χ1) is 10.1. The van der Waals surface area contributed by atoms with E-state index in [1.165, 1.54) is 10.5 Å². The molecule has 0 radical (unpaired) electrons. The Balaban J connectivity index is 2.03. The highest BCUT2D eigenvalue weighted by Crippen LogP contribution is 2.25. The summed E-state index contributed by atoms with van der Waals surface area (Å²) < 4.78 is 1.98. The largest absolute Gasteiger partial charge is 0.310 e. The highest BCUT2D eigenvalue weighted by Gasteiger charge is 2.09. The Morgan fingerprint density at radius 1 is 1.29 bits per heavy atom. The van der Waals surface area contributed by atoms with E-state index >= 15 is 0 Å². The number of aromatic nitrogens is 3. The van der Waals surface area contributed by atoms with Gasteiger partial charge >= 0.3 is 0 Å². The molecule has 1 aromatic carbocycles. The van der Waals surface area contributed by atoms with E-state index in [9.17, 15) is 0 Å². The summed E-state index contributed by atoms with van der Waals surface area (Å²) in [7, 11) is 0. The van der Waals surface area contributed by atoms with Gasteiger partial charge < -0.3 is 5.32 Å². The molecule has 0 amide bonds. The standard InChI is InChI=1S/C16H24N4S/c1-5-17-13(4)14-7-6-8-15(9-14)21-10-16-18-11-19-20(16)12(2)3/h6-9,11-13,17H,5,10H2,1-4H3. The summed E-state index contributed by atoms with van der Waals surface area (Å²) in [5, 5.41) is 7.73. The summed E-state index contributed by atoms with van der Waals surface area (Å²) in [6.45, 7) is 9.57. The van der Waals surface area contributed by atoms with Gasteiger partial charge in [-0.25, -0.2) is 9.67 Å². The normalized spacial score (nSPS) is 12.8. The molecule has 5 heteroatoms. The van der Waals surface area contributed by atoms with E-state index in [0.717, 1.165) is 18.1 Å². The van der Waals surface area contributed by atoms with Crippen LogP contribution in [0.15, 0.2) is 35.5 Å². The number of hydrogen-bond acceptors (Lipinski definition) is 4. The molecule has 0 bridgehead atoms. The number of nitrogens with zero attached hydrogens (tertiary/aromatic N) is 3. The van der Waals surface area contributed by atoms with Crippen molar-refractivity contribution in [1.82, 2.24) is 20.1 Å². The van der Waals surface area contributed by atoms with Crippen molar-refractivity contribution in [2.75, 3.05) is 6.54 Å². The third-order valence-electron chi connectivity index (χ3n) is 3.37. The molecular weight excluding hydrogens is 280 g/mol. The molecule has 1 heterocycles. The van der Waals surface area contributed by atoms with E-state index in [0.29, 0.717) is 12.1 Å². The van der Waals surface area contributed by atoms with E-state index in [-0.39, 0.29) is 0 Å². The van der Waals surface area contributed by atoms with Crippen LogP contribution in [0.5, 0.6) is 0 Å². The molecule has 0 fully saturated rings. The lowest BCUT2D eigenvalue weighted by molar-refractivity contribution is 0.514. The first kappa shape index (κ1) is 16.0. The van der Waals surface area contributed by atoms with Gasteiger partial charge in [0.15, 0.2) is 0 Å². The molecule has 4 nitrogen and oxygen atoms in total. The molecule has 114 valence electrons. The van der Waals surface area contributed by atoms with Crippen LogP contribution >= 0.6 is 11.8 Å². The lowest BCUT2D eigenvalue weighted by Gasteiger charge is -2.14. The van der Waals surface area contributed by atoms with Gasteiger partial charge in [0.25, 0.3) is 0 Å². The van der Waals surface area contributed by atoms with Crippen molar-refractivity contribution in [2.45, 2.75) is 50.4 Å². The Kier molecular flexibility index (Phi) is 5.82. The van der Waals surface area contributed by atoms with Crippen molar-refractivity contribution in [1.29, 1.82) is 0 Å². The minimum Gasteiger partial charge on any atom is -0.310 e.